The summed E-state index contributed by atoms with van der Waals surface area (Å²) in [5.74, 6) is 0.422. The van der Waals surface area contributed by atoms with E-state index in [4.69, 9.17) is 32.7 Å². The fourth-order valence-electron chi connectivity index (χ4n) is 2.86. The van der Waals surface area contributed by atoms with Crippen molar-refractivity contribution in [3.05, 3.63) is 76.3 Å². The Labute approximate surface area is 202 Å². The van der Waals surface area contributed by atoms with Crippen LogP contribution in [0.3, 0.4) is 0 Å². The summed E-state index contributed by atoms with van der Waals surface area (Å²) in [6, 6.07) is 15.6. The Morgan fingerprint density at radius 3 is 2.33 bits per heavy atom. The van der Waals surface area contributed by atoms with Crippen molar-refractivity contribution >= 4 is 50.5 Å². The molecule has 174 valence electrons. The number of hydrogen-bond acceptors (Lipinski definition) is 5. The van der Waals surface area contributed by atoms with Crippen LogP contribution in [0.4, 0.5) is 11.4 Å². The van der Waals surface area contributed by atoms with Crippen molar-refractivity contribution in [3.63, 3.8) is 0 Å². The molecule has 33 heavy (non-hydrogen) atoms. The molecule has 1 amide bonds. The van der Waals surface area contributed by atoms with Crippen LogP contribution in [0.2, 0.25) is 10.0 Å². The lowest BCUT2D eigenvalue weighted by atomic mass is 10.2. The Morgan fingerprint density at radius 2 is 1.70 bits per heavy atom. The van der Waals surface area contributed by atoms with Crippen LogP contribution in [-0.4, -0.2) is 27.5 Å². The van der Waals surface area contributed by atoms with Crippen molar-refractivity contribution in [2.24, 2.45) is 0 Å². The molecule has 0 unspecified atom stereocenters. The van der Waals surface area contributed by atoms with Gasteiger partial charge in [0.25, 0.3) is 15.9 Å². The van der Waals surface area contributed by atoms with Gasteiger partial charge >= 0.3 is 0 Å². The van der Waals surface area contributed by atoms with Gasteiger partial charge < -0.3 is 14.8 Å². The monoisotopic (exact) mass is 508 g/mol. The van der Waals surface area contributed by atoms with Gasteiger partial charge in [-0.15, -0.1) is 0 Å². The molecule has 2 N–H and O–H groups in total. The summed E-state index contributed by atoms with van der Waals surface area (Å²) in [7, 11) is -3.88. The molecule has 0 aliphatic carbocycles. The minimum Gasteiger partial charge on any atom is -0.494 e. The fraction of sp³-hybridized carbons (Fsp3) is 0.174. The van der Waals surface area contributed by atoms with Gasteiger partial charge in [0.2, 0.25) is 0 Å². The van der Waals surface area contributed by atoms with Crippen molar-refractivity contribution in [3.8, 4) is 11.5 Å². The van der Waals surface area contributed by atoms with Crippen molar-refractivity contribution in [2.45, 2.75) is 18.7 Å². The first kappa shape index (κ1) is 24.7. The van der Waals surface area contributed by atoms with Crippen LogP contribution in [0.25, 0.3) is 0 Å². The maximum Gasteiger partial charge on any atom is 0.262 e. The molecule has 0 spiro atoms. The van der Waals surface area contributed by atoms with E-state index in [1.54, 1.807) is 42.5 Å². The molecule has 3 aromatic rings. The number of carbonyl (C=O) groups is 1. The molecule has 0 aliphatic heterocycles. The molecule has 0 fully saturated rings. The zero-order valence-electron chi connectivity index (χ0n) is 17.9. The molecule has 0 radical (unpaired) electrons. The summed E-state index contributed by atoms with van der Waals surface area (Å²) in [4.78, 5) is 12.2. The van der Waals surface area contributed by atoms with Crippen LogP contribution < -0.4 is 19.5 Å². The lowest BCUT2D eigenvalue weighted by Crippen LogP contribution is -2.20. The summed E-state index contributed by atoms with van der Waals surface area (Å²) < 4.78 is 38.7. The van der Waals surface area contributed by atoms with Crippen molar-refractivity contribution in [1.29, 1.82) is 0 Å². The summed E-state index contributed by atoms with van der Waals surface area (Å²) in [5, 5.41) is 3.35. The van der Waals surface area contributed by atoms with Crippen LogP contribution in [0.15, 0.2) is 65.6 Å². The number of benzene rings is 3. The third-order valence-corrected chi connectivity index (χ3v) is 6.36. The number of aryl methyl sites for hydroxylation is 1. The normalized spacial score (nSPS) is 11.0. The number of anilines is 2. The molecule has 0 saturated heterocycles. The zero-order valence-corrected chi connectivity index (χ0v) is 20.2. The van der Waals surface area contributed by atoms with E-state index >= 15 is 0 Å². The van der Waals surface area contributed by atoms with Crippen LogP contribution in [0.5, 0.6) is 11.5 Å². The molecule has 0 saturated carbocycles. The number of nitrogens with one attached hydrogen (secondary N) is 2. The Kier molecular flexibility index (Phi) is 8.07. The number of amides is 1. The van der Waals surface area contributed by atoms with Gasteiger partial charge in [-0.2, -0.15) is 0 Å². The first-order chi connectivity index (χ1) is 15.7. The largest absolute Gasteiger partial charge is 0.494 e. The van der Waals surface area contributed by atoms with E-state index in [-0.39, 0.29) is 22.3 Å². The Morgan fingerprint density at radius 1 is 0.970 bits per heavy atom. The average Bonchev–Trinajstić information content (AvgIpc) is 2.76. The predicted octanol–water partition coefficient (Wildman–Crippen LogP) is 5.52. The molecule has 0 atom stereocenters. The van der Waals surface area contributed by atoms with Crippen LogP contribution in [-0.2, 0) is 14.8 Å². The third kappa shape index (κ3) is 6.77. The summed E-state index contributed by atoms with van der Waals surface area (Å²) in [6.07, 6.45) is 0. The molecule has 3 aromatic carbocycles. The summed E-state index contributed by atoms with van der Waals surface area (Å²) in [6.45, 7) is 3.89. The van der Waals surface area contributed by atoms with E-state index in [0.29, 0.717) is 28.8 Å². The second-order valence-electron chi connectivity index (χ2n) is 6.95. The quantitative estimate of drug-likeness (QED) is 0.396. The summed E-state index contributed by atoms with van der Waals surface area (Å²) >= 11 is 12.1. The second-order valence-corrected chi connectivity index (χ2v) is 9.48. The second kappa shape index (κ2) is 10.8. The first-order valence-electron chi connectivity index (χ1n) is 9.92. The highest BCUT2D eigenvalue weighted by Crippen LogP contribution is 2.29. The predicted molar refractivity (Wildman–Crippen MR) is 130 cm³/mol. The van der Waals surface area contributed by atoms with E-state index in [1.807, 2.05) is 13.8 Å². The van der Waals surface area contributed by atoms with E-state index in [9.17, 15) is 13.2 Å². The molecule has 0 aromatic heterocycles. The van der Waals surface area contributed by atoms with Gasteiger partial charge in [-0.05, 0) is 80.1 Å². The van der Waals surface area contributed by atoms with Gasteiger partial charge in [-0.1, -0.05) is 23.2 Å². The van der Waals surface area contributed by atoms with Gasteiger partial charge in [-0.25, -0.2) is 8.42 Å². The highest BCUT2D eigenvalue weighted by Gasteiger charge is 2.17. The maximum atomic E-state index is 12.7. The van der Waals surface area contributed by atoms with Crippen LogP contribution in [0, 0.1) is 6.92 Å². The van der Waals surface area contributed by atoms with Crippen molar-refractivity contribution < 1.29 is 22.7 Å². The summed E-state index contributed by atoms with van der Waals surface area (Å²) in [5.41, 5.74) is 1.80. The lowest BCUT2D eigenvalue weighted by Gasteiger charge is -2.12. The number of carbonyl (C=O) groups excluding carboxylic acids is 1. The van der Waals surface area contributed by atoms with Gasteiger partial charge in [0, 0.05) is 16.4 Å². The maximum absolute atomic E-state index is 12.7. The molecule has 10 heteroatoms. The zero-order chi connectivity index (χ0) is 24.0. The van der Waals surface area contributed by atoms with E-state index in [1.165, 1.54) is 18.2 Å². The number of halogens is 2. The molecular weight excluding hydrogens is 487 g/mol. The third-order valence-electron chi connectivity index (χ3n) is 4.45. The molecule has 3 rings (SSSR count). The van der Waals surface area contributed by atoms with Gasteiger partial charge in [-0.3, -0.25) is 9.52 Å². The Balaban J connectivity index is 1.63. The molecule has 0 aliphatic rings. The fourth-order valence-corrected chi connectivity index (χ4v) is 4.47. The van der Waals surface area contributed by atoms with Crippen LogP contribution >= 0.6 is 23.2 Å². The molecule has 7 nitrogen and oxygen atoms in total. The first-order valence-corrected chi connectivity index (χ1v) is 12.2. The Hall–Kier alpha value is -2.94. The van der Waals surface area contributed by atoms with E-state index in [0.717, 1.165) is 5.56 Å². The highest BCUT2D eigenvalue weighted by molar-refractivity contribution is 7.92. The standard InChI is InChI=1S/C23H22Cl2N2O5S/c1-3-31-18-7-5-17(6-8-18)27-33(29,30)19-9-11-22(20(25)13-19)32-14-23(28)26-21-10-4-16(24)12-15(21)2/h4-13,27H,3,14H2,1-2H3,(H,26,28). The smallest absolute Gasteiger partial charge is 0.262 e. The topological polar surface area (TPSA) is 93.7 Å². The number of sulfonamides is 1. The van der Waals surface area contributed by atoms with Gasteiger partial charge in [0.05, 0.1) is 16.5 Å². The number of hydrogen-bond donors (Lipinski definition) is 2. The van der Waals surface area contributed by atoms with E-state index in [2.05, 4.69) is 10.0 Å². The molecular formula is C23H22Cl2N2O5S. The highest BCUT2D eigenvalue weighted by atomic mass is 35.5. The van der Waals surface area contributed by atoms with Gasteiger partial charge in [0.15, 0.2) is 6.61 Å². The van der Waals surface area contributed by atoms with E-state index < -0.39 is 15.9 Å². The van der Waals surface area contributed by atoms with Gasteiger partial charge in [0.1, 0.15) is 11.5 Å². The van der Waals surface area contributed by atoms with Crippen molar-refractivity contribution in [1.82, 2.24) is 0 Å². The van der Waals surface area contributed by atoms with Crippen molar-refractivity contribution in [2.75, 3.05) is 23.3 Å². The lowest BCUT2D eigenvalue weighted by molar-refractivity contribution is -0.118. The minimum atomic E-state index is -3.88. The molecule has 0 bridgehead atoms. The SMILES string of the molecule is CCOc1ccc(NS(=O)(=O)c2ccc(OCC(=O)Nc3ccc(Cl)cc3C)c(Cl)c2)cc1. The average molecular weight is 509 g/mol. The number of ether oxygens (including phenoxy) is 2. The molecule has 0 heterocycles. The Bertz CT molecular complexity index is 1250. The minimum absolute atomic E-state index is 0.0463. The number of rotatable bonds is 9. The van der Waals surface area contributed by atoms with Crippen LogP contribution in [0.1, 0.15) is 12.5 Å².